The van der Waals surface area contributed by atoms with Crippen LogP contribution in [0.15, 0.2) is 30.9 Å². The summed E-state index contributed by atoms with van der Waals surface area (Å²) in [5.41, 5.74) is 0. The average Bonchev–Trinajstić information content (AvgIpc) is 2.94. The highest BCUT2D eigenvalue weighted by atomic mass is 16.5. The van der Waals surface area contributed by atoms with E-state index in [-0.39, 0.29) is 6.10 Å². The summed E-state index contributed by atoms with van der Waals surface area (Å²) in [6.07, 6.45) is 7.34. The molecule has 3 rings (SSSR count). The highest BCUT2D eigenvalue weighted by Gasteiger charge is 2.15. The minimum Gasteiger partial charge on any atom is -0.474 e. The molecular formula is C12H15N5O. The molecule has 0 aromatic carbocycles. The predicted octanol–water partition coefficient (Wildman–Crippen LogP) is 0.793. The van der Waals surface area contributed by atoms with Crippen LogP contribution < -0.4 is 10.1 Å². The Kier molecular flexibility index (Phi) is 3.18. The van der Waals surface area contributed by atoms with Crippen LogP contribution in [0.25, 0.3) is 5.82 Å². The van der Waals surface area contributed by atoms with Gasteiger partial charge in [0.25, 0.3) is 0 Å². The molecule has 94 valence electrons. The van der Waals surface area contributed by atoms with E-state index in [2.05, 4.69) is 20.4 Å². The van der Waals surface area contributed by atoms with Crippen molar-refractivity contribution in [2.45, 2.75) is 18.9 Å². The van der Waals surface area contributed by atoms with Gasteiger partial charge < -0.3 is 10.1 Å². The van der Waals surface area contributed by atoms with Gasteiger partial charge in [-0.05, 0) is 32.0 Å². The first-order valence-corrected chi connectivity index (χ1v) is 6.11. The number of hydrogen-bond acceptors (Lipinski definition) is 5. The Morgan fingerprint density at radius 2 is 2.17 bits per heavy atom. The normalized spacial score (nSPS) is 16.7. The van der Waals surface area contributed by atoms with Crippen LogP contribution in [0.5, 0.6) is 5.88 Å². The summed E-state index contributed by atoms with van der Waals surface area (Å²) in [6, 6.07) is 3.67. The molecule has 1 fully saturated rings. The van der Waals surface area contributed by atoms with Crippen molar-refractivity contribution < 1.29 is 4.74 Å². The largest absolute Gasteiger partial charge is 0.474 e. The zero-order valence-electron chi connectivity index (χ0n) is 9.99. The Labute approximate surface area is 105 Å². The predicted molar refractivity (Wildman–Crippen MR) is 65.7 cm³/mol. The van der Waals surface area contributed by atoms with E-state index in [1.165, 1.54) is 6.33 Å². The first-order chi connectivity index (χ1) is 8.92. The van der Waals surface area contributed by atoms with Gasteiger partial charge >= 0.3 is 0 Å². The summed E-state index contributed by atoms with van der Waals surface area (Å²) >= 11 is 0. The third-order valence-electron chi connectivity index (χ3n) is 2.94. The van der Waals surface area contributed by atoms with Crippen molar-refractivity contribution in [3.05, 3.63) is 30.9 Å². The first-order valence-electron chi connectivity index (χ1n) is 6.11. The number of piperidine rings is 1. The number of nitrogens with one attached hydrogen (secondary N) is 1. The van der Waals surface area contributed by atoms with Crippen LogP contribution in [0.2, 0.25) is 0 Å². The fourth-order valence-electron chi connectivity index (χ4n) is 2.01. The Morgan fingerprint density at radius 3 is 2.94 bits per heavy atom. The molecule has 1 aliphatic heterocycles. The summed E-state index contributed by atoms with van der Waals surface area (Å²) in [4.78, 5) is 8.32. The molecule has 6 nitrogen and oxygen atoms in total. The Hall–Kier alpha value is -1.95. The van der Waals surface area contributed by atoms with Gasteiger partial charge in [0.2, 0.25) is 5.88 Å². The number of nitrogens with zero attached hydrogens (tertiary/aromatic N) is 4. The van der Waals surface area contributed by atoms with Gasteiger partial charge in [0.15, 0.2) is 5.82 Å². The third kappa shape index (κ3) is 2.48. The summed E-state index contributed by atoms with van der Waals surface area (Å²) < 4.78 is 7.55. The number of ether oxygens (including phenoxy) is 1. The summed E-state index contributed by atoms with van der Waals surface area (Å²) in [5, 5.41) is 7.44. The minimum absolute atomic E-state index is 0.242. The number of aromatic nitrogens is 4. The molecule has 0 spiro atoms. The second-order valence-corrected chi connectivity index (χ2v) is 4.23. The molecule has 2 aromatic heterocycles. The van der Waals surface area contributed by atoms with Crippen LogP contribution in [-0.4, -0.2) is 38.9 Å². The van der Waals surface area contributed by atoms with Crippen molar-refractivity contribution in [2.24, 2.45) is 0 Å². The van der Waals surface area contributed by atoms with E-state index in [4.69, 9.17) is 4.74 Å². The number of rotatable bonds is 3. The maximum atomic E-state index is 5.86. The maximum Gasteiger partial charge on any atom is 0.218 e. The fraction of sp³-hybridized carbons (Fsp3) is 0.417. The van der Waals surface area contributed by atoms with Crippen molar-refractivity contribution in [3.63, 3.8) is 0 Å². The van der Waals surface area contributed by atoms with Gasteiger partial charge in [-0.3, -0.25) is 0 Å². The Bertz CT molecular complexity index is 493. The molecule has 0 saturated carbocycles. The smallest absolute Gasteiger partial charge is 0.218 e. The van der Waals surface area contributed by atoms with E-state index in [1.54, 1.807) is 10.9 Å². The monoisotopic (exact) mass is 245 g/mol. The lowest BCUT2D eigenvalue weighted by Crippen LogP contribution is -2.34. The Morgan fingerprint density at radius 1 is 1.28 bits per heavy atom. The molecule has 0 amide bonds. The lowest BCUT2D eigenvalue weighted by molar-refractivity contribution is 0.155. The zero-order chi connectivity index (χ0) is 12.2. The van der Waals surface area contributed by atoms with Crippen LogP contribution in [-0.2, 0) is 0 Å². The highest BCUT2D eigenvalue weighted by Crippen LogP contribution is 2.15. The summed E-state index contributed by atoms with van der Waals surface area (Å²) in [7, 11) is 0. The van der Waals surface area contributed by atoms with E-state index < -0.39 is 0 Å². The second kappa shape index (κ2) is 5.14. The van der Waals surface area contributed by atoms with E-state index in [1.807, 2.05) is 18.3 Å². The molecule has 0 aliphatic carbocycles. The zero-order valence-corrected chi connectivity index (χ0v) is 9.99. The molecule has 18 heavy (non-hydrogen) atoms. The molecule has 1 aliphatic rings. The van der Waals surface area contributed by atoms with Gasteiger partial charge in [0.1, 0.15) is 12.4 Å². The van der Waals surface area contributed by atoms with Crippen molar-refractivity contribution in [2.75, 3.05) is 13.1 Å². The molecular weight excluding hydrogens is 230 g/mol. The molecule has 0 unspecified atom stereocenters. The molecule has 1 saturated heterocycles. The molecule has 6 heteroatoms. The standard InChI is InChI=1S/C12H15N5O/c1-4-16-17(7-1)11-8-12(15-9-14-11)18-10-2-5-13-6-3-10/h1,4,7-10,13H,2-3,5-6H2. The molecule has 3 heterocycles. The quantitative estimate of drug-likeness (QED) is 0.866. The fourth-order valence-corrected chi connectivity index (χ4v) is 2.01. The lowest BCUT2D eigenvalue weighted by atomic mass is 10.1. The van der Waals surface area contributed by atoms with Crippen LogP contribution >= 0.6 is 0 Å². The molecule has 2 aromatic rings. The summed E-state index contributed by atoms with van der Waals surface area (Å²) in [6.45, 7) is 2.00. The number of hydrogen-bond donors (Lipinski definition) is 1. The Balaban J connectivity index is 1.74. The van der Waals surface area contributed by atoms with E-state index in [0.29, 0.717) is 5.88 Å². The van der Waals surface area contributed by atoms with Crippen molar-refractivity contribution in [1.82, 2.24) is 25.1 Å². The SMILES string of the molecule is c1cnn(-c2cc(OC3CCNCC3)ncn2)c1. The van der Waals surface area contributed by atoms with Gasteiger partial charge in [0, 0.05) is 18.5 Å². The van der Waals surface area contributed by atoms with E-state index in [0.717, 1.165) is 31.7 Å². The van der Waals surface area contributed by atoms with Crippen LogP contribution in [0.3, 0.4) is 0 Å². The van der Waals surface area contributed by atoms with Gasteiger partial charge in [0.05, 0.1) is 0 Å². The highest BCUT2D eigenvalue weighted by molar-refractivity contribution is 5.25. The molecule has 0 radical (unpaired) electrons. The maximum absolute atomic E-state index is 5.86. The third-order valence-corrected chi connectivity index (χ3v) is 2.94. The summed E-state index contributed by atoms with van der Waals surface area (Å²) in [5.74, 6) is 1.33. The minimum atomic E-state index is 0.242. The molecule has 0 bridgehead atoms. The van der Waals surface area contributed by atoms with Crippen LogP contribution in [0.1, 0.15) is 12.8 Å². The van der Waals surface area contributed by atoms with Crippen molar-refractivity contribution >= 4 is 0 Å². The van der Waals surface area contributed by atoms with Crippen molar-refractivity contribution in [1.29, 1.82) is 0 Å². The van der Waals surface area contributed by atoms with E-state index >= 15 is 0 Å². The van der Waals surface area contributed by atoms with Gasteiger partial charge in [-0.2, -0.15) is 5.10 Å². The second-order valence-electron chi connectivity index (χ2n) is 4.23. The topological polar surface area (TPSA) is 64.9 Å². The lowest BCUT2D eigenvalue weighted by Gasteiger charge is -2.23. The first kappa shape index (κ1) is 11.2. The van der Waals surface area contributed by atoms with Crippen LogP contribution in [0, 0.1) is 0 Å². The average molecular weight is 245 g/mol. The molecule has 1 N–H and O–H groups in total. The van der Waals surface area contributed by atoms with Crippen molar-refractivity contribution in [3.8, 4) is 11.7 Å². The van der Waals surface area contributed by atoms with Gasteiger partial charge in [-0.25, -0.2) is 14.6 Å². The van der Waals surface area contributed by atoms with Gasteiger partial charge in [-0.1, -0.05) is 0 Å². The van der Waals surface area contributed by atoms with Crippen LogP contribution in [0.4, 0.5) is 0 Å². The molecule has 0 atom stereocenters. The van der Waals surface area contributed by atoms with Gasteiger partial charge in [-0.15, -0.1) is 0 Å². The van der Waals surface area contributed by atoms with E-state index in [9.17, 15) is 0 Å².